The zero-order chi connectivity index (χ0) is 12.6. The molecule has 1 aromatic carbocycles. The average molecular weight is 237 g/mol. The van der Waals surface area contributed by atoms with Crippen molar-refractivity contribution in [3.05, 3.63) is 23.8 Å². The van der Waals surface area contributed by atoms with E-state index in [1.807, 2.05) is 0 Å². The molecule has 1 fully saturated rings. The Balaban J connectivity index is 2.31. The molecule has 0 aromatic heterocycles. The minimum absolute atomic E-state index is 0.177. The van der Waals surface area contributed by atoms with Crippen molar-refractivity contribution in [1.29, 1.82) is 0 Å². The van der Waals surface area contributed by atoms with Crippen LogP contribution in [0.5, 0.6) is 11.5 Å². The summed E-state index contributed by atoms with van der Waals surface area (Å²) >= 11 is 0. The maximum absolute atomic E-state index is 11.0. The number of aliphatic carboxylic acids is 1. The summed E-state index contributed by atoms with van der Waals surface area (Å²) in [7, 11) is 3.11. The van der Waals surface area contributed by atoms with E-state index in [4.69, 9.17) is 20.3 Å². The molecule has 0 bridgehead atoms. The number of methoxy groups -OCH3 is 2. The number of ether oxygens (including phenoxy) is 2. The van der Waals surface area contributed by atoms with Gasteiger partial charge in [-0.1, -0.05) is 0 Å². The third kappa shape index (κ3) is 1.93. The predicted octanol–water partition coefficient (Wildman–Crippen LogP) is 0.973. The monoisotopic (exact) mass is 237 g/mol. The second kappa shape index (κ2) is 3.92. The van der Waals surface area contributed by atoms with Gasteiger partial charge in [-0.05, 0) is 24.1 Å². The molecule has 17 heavy (non-hydrogen) atoms. The number of carbonyl (C=O) groups is 1. The first-order chi connectivity index (χ1) is 8.01. The van der Waals surface area contributed by atoms with E-state index in [0.29, 0.717) is 17.9 Å². The summed E-state index contributed by atoms with van der Waals surface area (Å²) in [4.78, 5) is 11.0. The highest BCUT2D eigenvalue weighted by Gasteiger charge is 2.58. The highest BCUT2D eigenvalue weighted by Crippen LogP contribution is 2.50. The number of rotatable bonds is 4. The topological polar surface area (TPSA) is 81.8 Å². The van der Waals surface area contributed by atoms with Crippen molar-refractivity contribution in [3.63, 3.8) is 0 Å². The molecule has 1 aliphatic rings. The lowest BCUT2D eigenvalue weighted by Gasteiger charge is -2.10. The van der Waals surface area contributed by atoms with Gasteiger partial charge < -0.3 is 20.3 Å². The van der Waals surface area contributed by atoms with Crippen molar-refractivity contribution in [3.8, 4) is 11.5 Å². The molecule has 0 radical (unpaired) electrons. The van der Waals surface area contributed by atoms with Crippen molar-refractivity contribution in [1.82, 2.24) is 0 Å². The quantitative estimate of drug-likeness (QED) is 0.815. The van der Waals surface area contributed by atoms with Crippen molar-refractivity contribution >= 4 is 5.97 Å². The third-order valence-corrected chi connectivity index (χ3v) is 3.18. The average Bonchev–Trinajstić information content (AvgIpc) is 3.02. The molecule has 0 heterocycles. The Labute approximate surface area is 99.1 Å². The molecule has 1 saturated carbocycles. The van der Waals surface area contributed by atoms with Gasteiger partial charge in [0, 0.05) is 12.0 Å². The van der Waals surface area contributed by atoms with Crippen molar-refractivity contribution < 1.29 is 19.4 Å². The van der Waals surface area contributed by atoms with Crippen molar-refractivity contribution in [2.75, 3.05) is 14.2 Å². The van der Waals surface area contributed by atoms with Crippen molar-refractivity contribution in [2.24, 2.45) is 5.73 Å². The van der Waals surface area contributed by atoms with Crippen LogP contribution in [0.2, 0.25) is 0 Å². The highest BCUT2D eigenvalue weighted by molar-refractivity contribution is 5.85. The molecule has 0 unspecified atom stereocenters. The maximum atomic E-state index is 11.0. The number of nitrogens with two attached hydrogens (primary N) is 1. The van der Waals surface area contributed by atoms with E-state index < -0.39 is 11.5 Å². The first kappa shape index (κ1) is 11.7. The number of benzene rings is 1. The third-order valence-electron chi connectivity index (χ3n) is 3.18. The molecule has 3 N–H and O–H groups in total. The van der Waals surface area contributed by atoms with Gasteiger partial charge >= 0.3 is 5.97 Å². The van der Waals surface area contributed by atoms with Gasteiger partial charge in [0.25, 0.3) is 0 Å². The van der Waals surface area contributed by atoms with Crippen LogP contribution in [0.25, 0.3) is 0 Å². The van der Waals surface area contributed by atoms with Gasteiger partial charge in [0.1, 0.15) is 17.0 Å². The Morgan fingerprint density at radius 3 is 2.24 bits per heavy atom. The fourth-order valence-electron chi connectivity index (χ4n) is 1.96. The summed E-state index contributed by atoms with van der Waals surface area (Å²) in [5.41, 5.74) is 5.47. The molecule has 92 valence electrons. The Morgan fingerprint density at radius 1 is 1.35 bits per heavy atom. The van der Waals surface area contributed by atoms with Crippen molar-refractivity contribution in [2.45, 2.75) is 17.9 Å². The SMILES string of the molecule is COc1cc(OC)cc([C@@H]2C[C@@]2(N)C(=O)O)c1. The first-order valence-corrected chi connectivity index (χ1v) is 5.26. The minimum Gasteiger partial charge on any atom is -0.497 e. The molecule has 0 spiro atoms. The van der Waals surface area contributed by atoms with Gasteiger partial charge in [-0.3, -0.25) is 4.79 Å². The molecular formula is C12H15NO4. The van der Waals surface area contributed by atoms with Crippen LogP contribution in [0.1, 0.15) is 17.9 Å². The number of hydrogen-bond donors (Lipinski definition) is 2. The zero-order valence-corrected chi connectivity index (χ0v) is 9.77. The molecule has 5 nitrogen and oxygen atoms in total. The molecule has 0 amide bonds. The highest BCUT2D eigenvalue weighted by atomic mass is 16.5. The molecule has 1 aliphatic carbocycles. The number of hydrogen-bond acceptors (Lipinski definition) is 4. The van der Waals surface area contributed by atoms with E-state index in [1.165, 1.54) is 0 Å². The predicted molar refractivity (Wildman–Crippen MR) is 61.5 cm³/mol. The second-order valence-corrected chi connectivity index (χ2v) is 4.25. The Bertz CT molecular complexity index is 438. The van der Waals surface area contributed by atoms with Crippen LogP contribution in [0.3, 0.4) is 0 Å². The van der Waals surface area contributed by atoms with Crippen LogP contribution in [0.4, 0.5) is 0 Å². The number of carboxylic acid groups (broad SMARTS) is 1. The summed E-state index contributed by atoms with van der Waals surface area (Å²) in [5.74, 6) is 0.131. The van der Waals surface area contributed by atoms with Crippen LogP contribution in [-0.2, 0) is 4.79 Å². The maximum Gasteiger partial charge on any atom is 0.324 e. The minimum atomic E-state index is -1.14. The van der Waals surface area contributed by atoms with Crippen LogP contribution in [-0.4, -0.2) is 30.8 Å². The van der Waals surface area contributed by atoms with E-state index in [9.17, 15) is 4.79 Å². The summed E-state index contributed by atoms with van der Waals surface area (Å²) in [5, 5.41) is 9.01. The van der Waals surface area contributed by atoms with Gasteiger partial charge in [0.15, 0.2) is 0 Å². The molecule has 1 aromatic rings. The Kier molecular flexibility index (Phi) is 2.71. The van der Waals surface area contributed by atoms with Gasteiger partial charge in [-0.2, -0.15) is 0 Å². The lowest BCUT2D eigenvalue weighted by molar-refractivity contribution is -0.139. The Morgan fingerprint density at radius 2 is 1.88 bits per heavy atom. The number of carboxylic acids is 1. The molecule has 0 saturated heterocycles. The molecule has 0 aliphatic heterocycles. The van der Waals surface area contributed by atoms with Crippen LogP contribution < -0.4 is 15.2 Å². The zero-order valence-electron chi connectivity index (χ0n) is 9.77. The molecule has 5 heteroatoms. The fourth-order valence-corrected chi connectivity index (χ4v) is 1.96. The van der Waals surface area contributed by atoms with Gasteiger partial charge in [0.05, 0.1) is 14.2 Å². The summed E-state index contributed by atoms with van der Waals surface area (Å²) < 4.78 is 10.3. The summed E-state index contributed by atoms with van der Waals surface area (Å²) in [6, 6.07) is 5.33. The first-order valence-electron chi connectivity index (χ1n) is 5.26. The largest absolute Gasteiger partial charge is 0.497 e. The van der Waals surface area contributed by atoms with Crippen LogP contribution in [0, 0.1) is 0 Å². The van der Waals surface area contributed by atoms with Crippen LogP contribution >= 0.6 is 0 Å². The van der Waals surface area contributed by atoms with E-state index in [1.54, 1.807) is 32.4 Å². The summed E-state index contributed by atoms with van der Waals surface area (Å²) in [6.45, 7) is 0. The normalized spacial score (nSPS) is 26.4. The van der Waals surface area contributed by atoms with Crippen LogP contribution in [0.15, 0.2) is 18.2 Å². The molecule has 2 rings (SSSR count). The standard InChI is InChI=1S/C12H15NO4/c1-16-8-3-7(4-9(5-8)17-2)10-6-12(10,13)11(14)15/h3-5,10H,6,13H2,1-2H3,(H,14,15)/t10-,12-/m0/s1. The smallest absolute Gasteiger partial charge is 0.324 e. The van der Waals surface area contributed by atoms with E-state index >= 15 is 0 Å². The molecule has 2 atom stereocenters. The Hall–Kier alpha value is -1.75. The fraction of sp³-hybridized carbons (Fsp3) is 0.417. The molecular weight excluding hydrogens is 222 g/mol. The van der Waals surface area contributed by atoms with E-state index in [2.05, 4.69) is 0 Å². The van der Waals surface area contributed by atoms with Gasteiger partial charge in [0.2, 0.25) is 0 Å². The van der Waals surface area contributed by atoms with Gasteiger partial charge in [-0.15, -0.1) is 0 Å². The van der Waals surface area contributed by atoms with E-state index in [-0.39, 0.29) is 5.92 Å². The second-order valence-electron chi connectivity index (χ2n) is 4.25. The van der Waals surface area contributed by atoms with Gasteiger partial charge in [-0.25, -0.2) is 0 Å². The summed E-state index contributed by atoms with van der Waals surface area (Å²) in [6.07, 6.45) is 0.443. The van der Waals surface area contributed by atoms with E-state index in [0.717, 1.165) is 5.56 Å². The lowest BCUT2D eigenvalue weighted by Crippen LogP contribution is -2.34. The lowest BCUT2D eigenvalue weighted by atomic mass is 10.1.